The van der Waals surface area contributed by atoms with Crippen molar-refractivity contribution in [3.63, 3.8) is 0 Å². The Morgan fingerprint density at radius 1 is 0.796 bits per heavy atom. The van der Waals surface area contributed by atoms with Gasteiger partial charge in [-0.2, -0.15) is 0 Å². The summed E-state index contributed by atoms with van der Waals surface area (Å²) in [4.78, 5) is 44.4. The predicted octanol–water partition coefficient (Wildman–Crippen LogP) is 2.95. The van der Waals surface area contributed by atoms with Gasteiger partial charge in [-0.05, 0) is 18.5 Å². The number of terminal acetylenes is 3. The second-order valence-electron chi connectivity index (χ2n) is 10.7. The minimum atomic E-state index is -0.906. The first kappa shape index (κ1) is 57.1. The lowest BCUT2D eigenvalue weighted by Crippen LogP contribution is -2.45. The number of amides is 2. The third kappa shape index (κ3) is 41.1. The van der Waals surface area contributed by atoms with E-state index < -0.39 is 52.4 Å². The molecule has 0 radical (unpaired) electrons. The Balaban J connectivity index is -0.000000343. The van der Waals surface area contributed by atoms with Gasteiger partial charge in [0.05, 0.1) is 66.5 Å². The van der Waals surface area contributed by atoms with Gasteiger partial charge in [-0.25, -0.2) is 19.2 Å². The summed E-state index contributed by atoms with van der Waals surface area (Å²) in [5.74, 6) is 0.488. The number of cyclic esters (lactones) is 2. The maximum Gasteiger partial charge on any atom is 0.508 e. The van der Waals surface area contributed by atoms with Crippen LogP contribution in [0.3, 0.4) is 0 Å². The van der Waals surface area contributed by atoms with Crippen LogP contribution in [0.1, 0.15) is 27.7 Å². The largest absolute Gasteiger partial charge is 0.508 e. The summed E-state index contributed by atoms with van der Waals surface area (Å²) in [7, 11) is 2.85. The van der Waals surface area contributed by atoms with Crippen LogP contribution in [-0.2, 0) is 42.6 Å². The Labute approximate surface area is 322 Å². The molecule has 2 unspecified atom stereocenters. The highest BCUT2D eigenvalue weighted by molar-refractivity contribution is 8.35. The van der Waals surface area contributed by atoms with Gasteiger partial charge in [0.25, 0.3) is 0 Å². The van der Waals surface area contributed by atoms with Crippen LogP contribution in [0.25, 0.3) is 0 Å². The predicted molar refractivity (Wildman–Crippen MR) is 204 cm³/mol. The first-order valence-corrected chi connectivity index (χ1v) is 20.2. The smallest absolute Gasteiger partial charge is 0.449 e. The maximum absolute atomic E-state index is 11.4. The van der Waals surface area contributed by atoms with Crippen molar-refractivity contribution < 1.29 is 77.1 Å². The molecule has 18 nitrogen and oxygen atoms in total. The Bertz CT molecular complexity index is 1050. The summed E-state index contributed by atoms with van der Waals surface area (Å²) in [6.07, 6.45) is 12.6. The van der Waals surface area contributed by atoms with Crippen molar-refractivity contribution in [2.24, 2.45) is 11.8 Å². The summed E-state index contributed by atoms with van der Waals surface area (Å²) < 4.78 is 42.8. The van der Waals surface area contributed by atoms with Gasteiger partial charge in [-0.1, -0.05) is 44.7 Å². The monoisotopic (exact) mass is 814 g/mol. The highest BCUT2D eigenvalue weighted by Gasteiger charge is 2.23. The number of ether oxygens (including phenoxy) is 9. The van der Waals surface area contributed by atoms with E-state index in [0.717, 1.165) is 7.11 Å². The lowest BCUT2D eigenvalue weighted by Gasteiger charge is -2.22. The molecule has 54 heavy (non-hydrogen) atoms. The molecule has 1 saturated heterocycles. The number of alkyl carbamates (subject to hydrolysis) is 2. The van der Waals surface area contributed by atoms with E-state index in [0.29, 0.717) is 26.4 Å². The second kappa shape index (κ2) is 42.1. The van der Waals surface area contributed by atoms with Crippen LogP contribution in [0, 0.1) is 48.1 Å². The number of aliphatic hydroxyl groups excluding tert-OH is 3. The molecule has 0 spiro atoms. The SMILES string of the molecule is C#CP(C)P(C#C)C#C.CC(C)COC(=O)NC1COC(=O)OC1.CO.COCCO.COCCOCCOC(=O)OCC(CO)NC(=O)OCC(C)C. The summed E-state index contributed by atoms with van der Waals surface area (Å²) in [5.41, 5.74) is 7.61. The van der Waals surface area contributed by atoms with Gasteiger partial charge in [0.1, 0.15) is 32.5 Å². The van der Waals surface area contributed by atoms with Crippen molar-refractivity contribution in [3.8, 4) is 36.3 Å². The zero-order chi connectivity index (χ0) is 42.2. The van der Waals surface area contributed by atoms with Gasteiger partial charge in [0.15, 0.2) is 0 Å². The molecular formula is C34H60N2O16P2. The number of aliphatic hydroxyl groups is 3. The Kier molecular flexibility index (Phi) is 44.6. The number of nitrogens with one attached hydrogen (secondary N) is 2. The minimum absolute atomic E-state index is 0.0379. The van der Waals surface area contributed by atoms with Crippen LogP contribution >= 0.6 is 15.2 Å². The van der Waals surface area contributed by atoms with Crippen LogP contribution in [-0.4, -0.2) is 159 Å². The molecule has 1 aliphatic heterocycles. The molecular weight excluding hydrogens is 754 g/mol. The number of rotatable bonds is 18. The van der Waals surface area contributed by atoms with Crippen molar-refractivity contribution in [1.29, 1.82) is 0 Å². The van der Waals surface area contributed by atoms with Gasteiger partial charge in [0.2, 0.25) is 0 Å². The normalized spacial score (nSPS) is 12.5. The molecule has 0 bridgehead atoms. The Morgan fingerprint density at radius 3 is 1.72 bits per heavy atom. The van der Waals surface area contributed by atoms with E-state index in [9.17, 15) is 19.2 Å². The van der Waals surface area contributed by atoms with Crippen LogP contribution in [0.15, 0.2) is 0 Å². The van der Waals surface area contributed by atoms with Gasteiger partial charge >= 0.3 is 24.5 Å². The van der Waals surface area contributed by atoms with E-state index >= 15 is 0 Å². The summed E-state index contributed by atoms with van der Waals surface area (Å²) >= 11 is 0. The van der Waals surface area contributed by atoms with Crippen molar-refractivity contribution in [2.75, 3.05) is 107 Å². The number of hydrogen-bond donors (Lipinski definition) is 5. The topological polar surface area (TPSA) is 236 Å². The summed E-state index contributed by atoms with van der Waals surface area (Å²) in [6, 6.07) is -1.09. The summed E-state index contributed by atoms with van der Waals surface area (Å²) in [6.45, 7) is 11.5. The van der Waals surface area contributed by atoms with Crippen LogP contribution < -0.4 is 10.6 Å². The lowest BCUT2D eigenvalue weighted by molar-refractivity contribution is 0.0000489. The lowest BCUT2D eigenvalue weighted by atomic mass is 10.2. The van der Waals surface area contributed by atoms with Gasteiger partial charge < -0.3 is 68.6 Å². The maximum atomic E-state index is 11.4. The molecule has 2 amide bonds. The molecule has 0 aromatic heterocycles. The average molecular weight is 815 g/mol. The number of methoxy groups -OCH3 is 2. The molecule has 5 N–H and O–H groups in total. The van der Waals surface area contributed by atoms with Crippen molar-refractivity contribution in [1.82, 2.24) is 10.6 Å². The van der Waals surface area contributed by atoms with Crippen molar-refractivity contribution in [2.45, 2.75) is 39.8 Å². The van der Waals surface area contributed by atoms with Crippen LogP contribution in [0.4, 0.5) is 19.2 Å². The van der Waals surface area contributed by atoms with Crippen LogP contribution in [0.2, 0.25) is 0 Å². The minimum Gasteiger partial charge on any atom is -0.449 e. The molecule has 1 fully saturated rings. The Morgan fingerprint density at radius 2 is 1.31 bits per heavy atom. The standard InChI is InChI=1S/C14H27NO8.C9H15NO5.C7H6P2.C3H8O2.CH4O/c1-11(2)9-22-13(17)15-12(8-16)10-23-14(18)21-7-6-20-5-4-19-3;1-6(2)3-13-8(11)10-7-4-14-9(12)15-5-7;1-5-8(4)9(6-2)7-3;1-5-3-2-4;1-2/h11-12,16H,4-10H2,1-3H3,(H,15,17);6-7H,3-5H2,1-2H3,(H,10,11);1-3H,4H3;4H,2-3H2,1H3;2H,1H3. The second-order valence-corrected chi connectivity index (χ2v) is 16.1. The molecule has 312 valence electrons. The van der Waals surface area contributed by atoms with Crippen molar-refractivity contribution >= 4 is 39.7 Å². The van der Waals surface area contributed by atoms with E-state index in [4.69, 9.17) is 63.0 Å². The van der Waals surface area contributed by atoms with Gasteiger partial charge in [-0.3, -0.25) is 0 Å². The molecule has 0 aromatic carbocycles. The Hall–Kier alpha value is -3.62. The van der Waals surface area contributed by atoms with E-state index in [1.807, 2.05) is 34.4 Å². The highest BCUT2D eigenvalue weighted by Crippen LogP contribution is 2.64. The molecule has 0 aliphatic carbocycles. The summed E-state index contributed by atoms with van der Waals surface area (Å²) in [5, 5.41) is 29.0. The molecule has 2 atom stereocenters. The van der Waals surface area contributed by atoms with Crippen LogP contribution in [0.5, 0.6) is 0 Å². The number of hydrogen-bond acceptors (Lipinski definition) is 16. The molecule has 0 saturated carbocycles. The van der Waals surface area contributed by atoms with Crippen molar-refractivity contribution in [3.05, 3.63) is 0 Å². The zero-order valence-electron chi connectivity index (χ0n) is 32.6. The first-order chi connectivity index (χ1) is 25.7. The van der Waals surface area contributed by atoms with E-state index in [2.05, 4.69) is 41.8 Å². The van der Waals surface area contributed by atoms with E-state index in [1.165, 1.54) is 0 Å². The molecule has 0 aromatic rings. The zero-order valence-corrected chi connectivity index (χ0v) is 34.4. The number of carbonyl (C=O) groups is 4. The third-order valence-corrected chi connectivity index (χ3v) is 9.38. The third-order valence-electron chi connectivity index (χ3n) is 5.07. The van der Waals surface area contributed by atoms with E-state index in [1.54, 1.807) is 14.2 Å². The quantitative estimate of drug-likeness (QED) is 0.0440. The van der Waals surface area contributed by atoms with E-state index in [-0.39, 0.29) is 64.1 Å². The first-order valence-electron chi connectivity index (χ1n) is 16.3. The van der Waals surface area contributed by atoms with Gasteiger partial charge in [-0.15, -0.1) is 19.3 Å². The average Bonchev–Trinajstić information content (AvgIpc) is 3.16. The molecule has 1 rings (SSSR count). The fourth-order valence-electron chi connectivity index (χ4n) is 2.55. The van der Waals surface area contributed by atoms with Gasteiger partial charge in [0, 0.05) is 28.9 Å². The molecule has 1 aliphatic rings. The fourth-order valence-corrected chi connectivity index (χ4v) is 4.47. The molecule has 1 heterocycles. The highest BCUT2D eigenvalue weighted by atomic mass is 32.1. The fraction of sp³-hybridized carbons (Fsp3) is 0.706. The number of carbonyl (C=O) groups excluding carboxylic acids is 4. The molecule has 20 heteroatoms.